The second-order valence-corrected chi connectivity index (χ2v) is 5.42. The third-order valence-electron chi connectivity index (χ3n) is 2.07. The molecule has 0 aromatic heterocycles. The smallest absolute Gasteiger partial charge is 0.303 e. The van der Waals surface area contributed by atoms with E-state index in [0.717, 1.165) is 5.56 Å². The maximum atomic E-state index is 10.4. The Hall–Kier alpha value is -0.350. The lowest BCUT2D eigenvalue weighted by Gasteiger charge is -2.16. The summed E-state index contributed by atoms with van der Waals surface area (Å²) < 4.78 is 0. The van der Waals surface area contributed by atoms with Crippen LogP contribution in [-0.4, -0.2) is 15.9 Å². The summed E-state index contributed by atoms with van der Waals surface area (Å²) in [7, 11) is 0. The number of carboxylic acids is 1. The first-order valence-electron chi connectivity index (χ1n) is 4.66. The molecule has 2 atom stereocenters. The number of halogens is 2. The van der Waals surface area contributed by atoms with E-state index >= 15 is 0 Å². The normalized spacial score (nSPS) is 14.5. The van der Waals surface area contributed by atoms with Crippen LogP contribution in [0.2, 0.25) is 0 Å². The Bertz CT molecular complexity index is 314. The number of hydrogen-bond acceptors (Lipinski definition) is 1. The second-order valence-electron chi connectivity index (χ2n) is 3.26. The fourth-order valence-corrected chi connectivity index (χ4v) is 2.36. The molecule has 2 unspecified atom stereocenters. The van der Waals surface area contributed by atoms with Crippen molar-refractivity contribution in [1.29, 1.82) is 0 Å². The molecule has 0 saturated carbocycles. The number of rotatable bonds is 5. The van der Waals surface area contributed by atoms with Crippen molar-refractivity contribution in [3.63, 3.8) is 0 Å². The van der Waals surface area contributed by atoms with Crippen LogP contribution in [0.15, 0.2) is 30.3 Å². The summed E-state index contributed by atoms with van der Waals surface area (Å²) in [5.74, 6) is -0.757. The van der Waals surface area contributed by atoms with Gasteiger partial charge in [0.25, 0.3) is 0 Å². The van der Waals surface area contributed by atoms with Crippen LogP contribution < -0.4 is 0 Å². The van der Waals surface area contributed by atoms with Crippen LogP contribution in [0.5, 0.6) is 0 Å². The molecule has 4 heteroatoms. The summed E-state index contributed by atoms with van der Waals surface area (Å²) in [5, 5.41) is 8.58. The minimum absolute atomic E-state index is 0.135. The van der Waals surface area contributed by atoms with Gasteiger partial charge in [-0.2, -0.15) is 0 Å². The van der Waals surface area contributed by atoms with Crippen molar-refractivity contribution in [1.82, 2.24) is 0 Å². The van der Waals surface area contributed by atoms with Crippen molar-refractivity contribution in [3.8, 4) is 0 Å². The molecule has 0 fully saturated rings. The summed E-state index contributed by atoms with van der Waals surface area (Å²) in [6.07, 6.45) is 0.797. The molecule has 1 aromatic rings. The highest BCUT2D eigenvalue weighted by Crippen LogP contribution is 2.33. The van der Waals surface area contributed by atoms with Gasteiger partial charge in [-0.1, -0.05) is 62.2 Å². The molecule has 0 saturated heterocycles. The van der Waals surface area contributed by atoms with Crippen LogP contribution >= 0.6 is 31.9 Å². The minimum Gasteiger partial charge on any atom is -0.481 e. The molecule has 0 radical (unpaired) electrons. The van der Waals surface area contributed by atoms with Crippen molar-refractivity contribution >= 4 is 37.8 Å². The number of alkyl halides is 2. The zero-order valence-electron chi connectivity index (χ0n) is 8.07. The number of carboxylic acid groups (broad SMARTS) is 1. The summed E-state index contributed by atoms with van der Waals surface area (Å²) in [5.41, 5.74) is 1.16. The lowest BCUT2D eigenvalue weighted by Crippen LogP contribution is -2.09. The highest BCUT2D eigenvalue weighted by Gasteiger charge is 2.18. The second kappa shape index (κ2) is 6.28. The molecular weight excluding hydrogens is 324 g/mol. The van der Waals surface area contributed by atoms with E-state index in [4.69, 9.17) is 5.11 Å². The molecule has 0 aliphatic heterocycles. The molecular formula is C11H12Br2O2. The molecule has 0 aliphatic rings. The monoisotopic (exact) mass is 334 g/mol. The SMILES string of the molecule is O=C(O)CCC(Br)C(Br)c1ccccc1. The molecule has 0 heterocycles. The Kier molecular flexibility index (Phi) is 5.32. The van der Waals surface area contributed by atoms with Gasteiger partial charge >= 0.3 is 5.97 Å². The summed E-state index contributed by atoms with van der Waals surface area (Å²) in [4.78, 5) is 10.7. The van der Waals surface area contributed by atoms with Crippen LogP contribution in [0.1, 0.15) is 23.2 Å². The molecule has 82 valence electrons. The zero-order chi connectivity index (χ0) is 11.3. The fourth-order valence-electron chi connectivity index (χ4n) is 1.25. The molecule has 1 aromatic carbocycles. The average molecular weight is 336 g/mol. The third kappa shape index (κ3) is 4.34. The molecule has 0 aliphatic carbocycles. The van der Waals surface area contributed by atoms with Gasteiger partial charge in [-0.25, -0.2) is 0 Å². The van der Waals surface area contributed by atoms with E-state index in [9.17, 15) is 4.79 Å². The topological polar surface area (TPSA) is 37.3 Å². The molecule has 2 nitrogen and oxygen atoms in total. The Morgan fingerprint density at radius 3 is 2.40 bits per heavy atom. The van der Waals surface area contributed by atoms with Gasteiger partial charge in [-0.15, -0.1) is 0 Å². The Morgan fingerprint density at radius 2 is 1.87 bits per heavy atom. The first kappa shape index (κ1) is 12.7. The van der Waals surface area contributed by atoms with E-state index in [1.54, 1.807) is 0 Å². The van der Waals surface area contributed by atoms with Crippen molar-refractivity contribution in [2.75, 3.05) is 0 Å². The molecule has 0 spiro atoms. The quantitative estimate of drug-likeness (QED) is 0.832. The van der Waals surface area contributed by atoms with Gasteiger partial charge in [0.1, 0.15) is 0 Å². The molecule has 15 heavy (non-hydrogen) atoms. The summed E-state index contributed by atoms with van der Waals surface area (Å²) in [6, 6.07) is 9.95. The van der Waals surface area contributed by atoms with Crippen molar-refractivity contribution < 1.29 is 9.90 Å². The van der Waals surface area contributed by atoms with Crippen LogP contribution in [0.25, 0.3) is 0 Å². The summed E-state index contributed by atoms with van der Waals surface area (Å²) >= 11 is 7.06. The van der Waals surface area contributed by atoms with E-state index in [0.29, 0.717) is 6.42 Å². The Labute approximate surface area is 106 Å². The summed E-state index contributed by atoms with van der Waals surface area (Å²) in [6.45, 7) is 0. The number of hydrogen-bond donors (Lipinski definition) is 1. The van der Waals surface area contributed by atoms with Crippen molar-refractivity contribution in [2.24, 2.45) is 0 Å². The lowest BCUT2D eigenvalue weighted by molar-refractivity contribution is -0.137. The average Bonchev–Trinajstić information content (AvgIpc) is 2.26. The molecule has 0 amide bonds. The van der Waals surface area contributed by atoms with Crippen molar-refractivity contribution in [3.05, 3.63) is 35.9 Å². The van der Waals surface area contributed by atoms with E-state index in [-0.39, 0.29) is 16.1 Å². The fraction of sp³-hybridized carbons (Fsp3) is 0.364. The number of aliphatic carboxylic acids is 1. The van der Waals surface area contributed by atoms with E-state index in [1.165, 1.54) is 0 Å². The van der Waals surface area contributed by atoms with Crippen LogP contribution in [0.3, 0.4) is 0 Å². The predicted molar refractivity (Wildman–Crippen MR) is 67.7 cm³/mol. The van der Waals surface area contributed by atoms with E-state index < -0.39 is 5.97 Å². The molecule has 0 bridgehead atoms. The Balaban J connectivity index is 2.53. The van der Waals surface area contributed by atoms with Gasteiger partial charge in [0.05, 0.1) is 4.83 Å². The number of carbonyl (C=O) groups is 1. The van der Waals surface area contributed by atoms with Crippen molar-refractivity contribution in [2.45, 2.75) is 22.5 Å². The van der Waals surface area contributed by atoms with Gasteiger partial charge in [-0.05, 0) is 12.0 Å². The standard InChI is InChI=1S/C11H12Br2O2/c12-9(6-7-10(14)15)11(13)8-4-2-1-3-5-8/h1-5,9,11H,6-7H2,(H,14,15). The molecule has 1 N–H and O–H groups in total. The van der Waals surface area contributed by atoms with Gasteiger partial charge in [0.15, 0.2) is 0 Å². The minimum atomic E-state index is -0.757. The van der Waals surface area contributed by atoms with Gasteiger partial charge in [0, 0.05) is 11.2 Å². The highest BCUT2D eigenvalue weighted by molar-refractivity contribution is 9.12. The van der Waals surface area contributed by atoms with Gasteiger partial charge in [0.2, 0.25) is 0 Å². The third-order valence-corrected chi connectivity index (χ3v) is 4.93. The van der Waals surface area contributed by atoms with Gasteiger partial charge in [-0.3, -0.25) is 4.79 Å². The molecule has 1 rings (SSSR count). The van der Waals surface area contributed by atoms with Crippen LogP contribution in [0, 0.1) is 0 Å². The largest absolute Gasteiger partial charge is 0.481 e. The first-order chi connectivity index (χ1) is 7.11. The van der Waals surface area contributed by atoms with Crippen LogP contribution in [-0.2, 0) is 4.79 Å². The van der Waals surface area contributed by atoms with Crippen LogP contribution in [0.4, 0.5) is 0 Å². The number of benzene rings is 1. The van der Waals surface area contributed by atoms with E-state index in [1.807, 2.05) is 30.3 Å². The predicted octanol–water partition coefficient (Wildman–Crippen LogP) is 3.75. The zero-order valence-corrected chi connectivity index (χ0v) is 11.2. The first-order valence-corrected chi connectivity index (χ1v) is 6.49. The maximum absolute atomic E-state index is 10.4. The Morgan fingerprint density at radius 1 is 1.27 bits per heavy atom. The van der Waals surface area contributed by atoms with Gasteiger partial charge < -0.3 is 5.11 Å². The lowest BCUT2D eigenvalue weighted by atomic mass is 10.1. The highest BCUT2D eigenvalue weighted by atomic mass is 79.9. The maximum Gasteiger partial charge on any atom is 0.303 e. The van der Waals surface area contributed by atoms with E-state index in [2.05, 4.69) is 31.9 Å².